The molecule has 0 bridgehead atoms. The highest BCUT2D eigenvalue weighted by Gasteiger charge is 2.34. The second kappa shape index (κ2) is 6.32. The van der Waals surface area contributed by atoms with E-state index in [9.17, 15) is 22.8 Å². The number of carbonyl (C=O) groups excluding carboxylic acids is 2. The van der Waals surface area contributed by atoms with Crippen molar-refractivity contribution in [3.05, 3.63) is 0 Å². The molecule has 0 radical (unpaired) electrons. The number of hydrogen-bond acceptors (Lipinski definition) is 3. The highest BCUT2D eigenvalue weighted by atomic mass is 19.3. The molecule has 1 saturated heterocycles. The van der Waals surface area contributed by atoms with E-state index in [2.05, 4.69) is 0 Å². The Morgan fingerprint density at radius 2 is 1.45 bits per heavy atom. The zero-order valence-corrected chi connectivity index (χ0v) is 11.7. The molecular weight excluding hydrogens is 277 g/mol. The lowest BCUT2D eigenvalue weighted by Crippen LogP contribution is -2.53. The first kappa shape index (κ1) is 16.6. The lowest BCUT2D eigenvalue weighted by molar-refractivity contribution is -0.143. The molecule has 116 valence electrons. The van der Waals surface area contributed by atoms with Crippen molar-refractivity contribution >= 4 is 12.0 Å². The fourth-order valence-electron chi connectivity index (χ4n) is 1.72. The van der Waals surface area contributed by atoms with Crippen LogP contribution in [-0.2, 0) is 9.53 Å². The summed E-state index contributed by atoms with van der Waals surface area (Å²) in [5.41, 5.74) is -0.635. The predicted molar refractivity (Wildman–Crippen MR) is 65.3 cm³/mol. The number of rotatable bonds is 2. The van der Waals surface area contributed by atoms with Gasteiger partial charge in [0, 0.05) is 26.2 Å². The number of hydrogen-bond donors (Lipinski definition) is 0. The van der Waals surface area contributed by atoms with Gasteiger partial charge in [-0.1, -0.05) is 0 Å². The van der Waals surface area contributed by atoms with Crippen LogP contribution >= 0.6 is 0 Å². The monoisotopic (exact) mass is 296 g/mol. The SMILES string of the molecule is CC(C)(C)OC(=O)N1CCN(C(=O)C(F)C(F)F)CC1. The normalized spacial score (nSPS) is 18.1. The number of piperazine rings is 1. The molecule has 0 aromatic heterocycles. The summed E-state index contributed by atoms with van der Waals surface area (Å²) >= 11 is 0. The van der Waals surface area contributed by atoms with Crippen LogP contribution in [0.4, 0.5) is 18.0 Å². The topological polar surface area (TPSA) is 49.9 Å². The van der Waals surface area contributed by atoms with E-state index in [1.165, 1.54) is 4.90 Å². The van der Waals surface area contributed by atoms with Crippen LogP contribution in [-0.4, -0.2) is 66.2 Å². The molecule has 20 heavy (non-hydrogen) atoms. The summed E-state index contributed by atoms with van der Waals surface area (Å²) in [7, 11) is 0. The molecule has 0 aromatic carbocycles. The van der Waals surface area contributed by atoms with Crippen molar-refractivity contribution in [2.24, 2.45) is 0 Å². The number of halogens is 3. The van der Waals surface area contributed by atoms with Crippen LogP contribution in [0, 0.1) is 0 Å². The van der Waals surface area contributed by atoms with Gasteiger partial charge in [0.05, 0.1) is 0 Å². The van der Waals surface area contributed by atoms with Gasteiger partial charge in [-0.3, -0.25) is 4.79 Å². The maximum Gasteiger partial charge on any atom is 0.410 e. The number of carbonyl (C=O) groups is 2. The van der Waals surface area contributed by atoms with Gasteiger partial charge in [0.2, 0.25) is 6.17 Å². The first-order chi connectivity index (χ1) is 9.11. The van der Waals surface area contributed by atoms with E-state index in [0.29, 0.717) is 0 Å². The van der Waals surface area contributed by atoms with Gasteiger partial charge in [0.1, 0.15) is 5.60 Å². The third kappa shape index (κ3) is 4.57. The van der Waals surface area contributed by atoms with Gasteiger partial charge in [-0.2, -0.15) is 0 Å². The van der Waals surface area contributed by atoms with Crippen LogP contribution < -0.4 is 0 Å². The fourth-order valence-corrected chi connectivity index (χ4v) is 1.72. The van der Waals surface area contributed by atoms with Gasteiger partial charge in [0.25, 0.3) is 12.3 Å². The van der Waals surface area contributed by atoms with E-state index in [1.807, 2.05) is 0 Å². The third-order valence-corrected chi connectivity index (χ3v) is 2.70. The second-order valence-corrected chi connectivity index (χ2v) is 5.53. The van der Waals surface area contributed by atoms with Crippen LogP contribution in [0.1, 0.15) is 20.8 Å². The Hall–Kier alpha value is -1.47. The Labute approximate surface area is 115 Å². The molecule has 1 aliphatic heterocycles. The van der Waals surface area contributed by atoms with E-state index in [1.54, 1.807) is 20.8 Å². The Morgan fingerprint density at radius 3 is 1.85 bits per heavy atom. The second-order valence-electron chi connectivity index (χ2n) is 5.53. The van der Waals surface area contributed by atoms with Gasteiger partial charge >= 0.3 is 6.09 Å². The van der Waals surface area contributed by atoms with E-state index in [0.717, 1.165) is 4.90 Å². The largest absolute Gasteiger partial charge is 0.444 e. The molecule has 2 amide bonds. The van der Waals surface area contributed by atoms with Crippen molar-refractivity contribution < 1.29 is 27.5 Å². The van der Waals surface area contributed by atoms with Gasteiger partial charge in [-0.05, 0) is 20.8 Å². The smallest absolute Gasteiger partial charge is 0.410 e. The minimum Gasteiger partial charge on any atom is -0.444 e. The van der Waals surface area contributed by atoms with E-state index in [4.69, 9.17) is 4.74 Å². The molecule has 0 aromatic rings. The average Bonchev–Trinajstić information content (AvgIpc) is 2.35. The fraction of sp³-hybridized carbons (Fsp3) is 0.833. The molecule has 8 heteroatoms. The van der Waals surface area contributed by atoms with Crippen molar-refractivity contribution in [1.29, 1.82) is 0 Å². The maximum absolute atomic E-state index is 12.9. The van der Waals surface area contributed by atoms with E-state index >= 15 is 0 Å². The van der Waals surface area contributed by atoms with Crippen molar-refractivity contribution in [2.45, 2.75) is 39.0 Å². The summed E-state index contributed by atoms with van der Waals surface area (Å²) in [6.45, 7) is 5.48. The molecule has 1 aliphatic rings. The molecule has 0 saturated carbocycles. The highest BCUT2D eigenvalue weighted by molar-refractivity contribution is 5.81. The molecule has 0 spiro atoms. The molecule has 0 aliphatic carbocycles. The summed E-state index contributed by atoms with van der Waals surface area (Å²) in [6, 6.07) is 0. The quantitative estimate of drug-likeness (QED) is 0.779. The summed E-state index contributed by atoms with van der Waals surface area (Å²) in [5.74, 6) is -1.23. The van der Waals surface area contributed by atoms with E-state index in [-0.39, 0.29) is 26.2 Å². The highest BCUT2D eigenvalue weighted by Crippen LogP contribution is 2.14. The van der Waals surface area contributed by atoms with Crippen LogP contribution in [0.5, 0.6) is 0 Å². The minimum absolute atomic E-state index is 0.0191. The lowest BCUT2D eigenvalue weighted by atomic mass is 10.2. The Balaban J connectivity index is 2.48. The number of ether oxygens (including phenoxy) is 1. The standard InChI is InChI=1S/C12H19F3N2O3/c1-12(2,3)20-11(19)17-6-4-16(5-7-17)10(18)8(13)9(14)15/h8-9H,4-7H2,1-3H3. The van der Waals surface area contributed by atoms with Gasteiger partial charge in [-0.15, -0.1) is 0 Å². The molecule has 1 heterocycles. The predicted octanol–water partition coefficient (Wildman–Crippen LogP) is 1.67. The van der Waals surface area contributed by atoms with Crippen LogP contribution in [0.25, 0.3) is 0 Å². The zero-order valence-electron chi connectivity index (χ0n) is 11.7. The summed E-state index contributed by atoms with van der Waals surface area (Å²) in [6.07, 6.45) is -6.66. The average molecular weight is 296 g/mol. The number of alkyl halides is 3. The van der Waals surface area contributed by atoms with Crippen LogP contribution in [0.3, 0.4) is 0 Å². The summed E-state index contributed by atoms with van der Waals surface area (Å²) in [5, 5.41) is 0. The Morgan fingerprint density at radius 1 is 1.00 bits per heavy atom. The van der Waals surface area contributed by atoms with Crippen molar-refractivity contribution in [3.8, 4) is 0 Å². The van der Waals surface area contributed by atoms with Crippen molar-refractivity contribution in [1.82, 2.24) is 9.80 Å². The van der Waals surface area contributed by atoms with E-state index < -0.39 is 30.2 Å². The van der Waals surface area contributed by atoms with Crippen molar-refractivity contribution in [2.75, 3.05) is 26.2 Å². The first-order valence-electron chi connectivity index (χ1n) is 6.31. The molecule has 1 rings (SSSR count). The summed E-state index contributed by atoms with van der Waals surface area (Å²) in [4.78, 5) is 25.5. The van der Waals surface area contributed by atoms with Gasteiger partial charge in [-0.25, -0.2) is 18.0 Å². The number of nitrogens with zero attached hydrogens (tertiary/aromatic N) is 2. The Kier molecular flexibility index (Phi) is 5.24. The lowest BCUT2D eigenvalue weighted by Gasteiger charge is -2.36. The minimum atomic E-state index is -3.33. The summed E-state index contributed by atoms with van der Waals surface area (Å²) < 4.78 is 42.3. The first-order valence-corrected chi connectivity index (χ1v) is 6.31. The van der Waals surface area contributed by atoms with Crippen LogP contribution in [0.15, 0.2) is 0 Å². The van der Waals surface area contributed by atoms with Crippen molar-refractivity contribution in [3.63, 3.8) is 0 Å². The third-order valence-electron chi connectivity index (χ3n) is 2.70. The molecule has 1 atom stereocenters. The van der Waals surface area contributed by atoms with Gasteiger partial charge in [0.15, 0.2) is 0 Å². The molecule has 1 unspecified atom stereocenters. The number of amides is 2. The molecule has 0 N–H and O–H groups in total. The molecule has 5 nitrogen and oxygen atoms in total. The maximum atomic E-state index is 12.9. The molecular formula is C12H19F3N2O3. The van der Waals surface area contributed by atoms with Crippen LogP contribution in [0.2, 0.25) is 0 Å². The zero-order chi connectivity index (χ0) is 15.5. The van der Waals surface area contributed by atoms with Gasteiger partial charge < -0.3 is 14.5 Å². The molecule has 1 fully saturated rings. The Bertz CT molecular complexity index is 363.